The van der Waals surface area contributed by atoms with Crippen LogP contribution in [0.5, 0.6) is 5.75 Å². The van der Waals surface area contributed by atoms with E-state index in [1.54, 1.807) is 7.11 Å². The van der Waals surface area contributed by atoms with Crippen molar-refractivity contribution in [2.45, 2.75) is 26.3 Å². The van der Waals surface area contributed by atoms with Gasteiger partial charge in [0.1, 0.15) is 5.75 Å². The molecule has 2 N–H and O–H groups in total. The van der Waals surface area contributed by atoms with E-state index in [9.17, 15) is 0 Å². The van der Waals surface area contributed by atoms with Crippen molar-refractivity contribution in [2.24, 2.45) is 0 Å². The molecule has 0 radical (unpaired) electrons. The lowest BCUT2D eigenvalue weighted by Gasteiger charge is -2.18. The van der Waals surface area contributed by atoms with Crippen LogP contribution >= 0.6 is 12.2 Å². The topological polar surface area (TPSA) is 33.3 Å². The summed E-state index contributed by atoms with van der Waals surface area (Å²) >= 11 is 5.38. The first-order chi connectivity index (χ1) is 10.6. The fraction of sp³-hybridized carbons (Fsp3) is 0.278. The van der Waals surface area contributed by atoms with Gasteiger partial charge in [-0.05, 0) is 61.0 Å². The maximum atomic E-state index is 5.38. The van der Waals surface area contributed by atoms with E-state index in [2.05, 4.69) is 36.6 Å². The summed E-state index contributed by atoms with van der Waals surface area (Å²) in [6.07, 6.45) is 1.04. The molecule has 0 heterocycles. The first-order valence-electron chi connectivity index (χ1n) is 7.42. The Kier molecular flexibility index (Phi) is 5.78. The zero-order chi connectivity index (χ0) is 15.9. The van der Waals surface area contributed by atoms with Gasteiger partial charge in [0.2, 0.25) is 0 Å². The number of thiocarbonyl (C=S) groups is 1. The summed E-state index contributed by atoms with van der Waals surface area (Å²) in [5, 5.41) is 7.12. The predicted molar refractivity (Wildman–Crippen MR) is 96.6 cm³/mol. The largest absolute Gasteiger partial charge is 0.497 e. The molecule has 0 aliphatic rings. The number of hydrogen-bond donors (Lipinski definition) is 2. The lowest BCUT2D eigenvalue weighted by Crippen LogP contribution is -2.30. The van der Waals surface area contributed by atoms with Gasteiger partial charge >= 0.3 is 0 Å². The Bertz CT molecular complexity index is 608. The summed E-state index contributed by atoms with van der Waals surface area (Å²) in [5.74, 6) is 0.854. The lowest BCUT2D eigenvalue weighted by molar-refractivity contribution is 0.414. The van der Waals surface area contributed by atoms with Crippen molar-refractivity contribution < 1.29 is 4.74 Å². The van der Waals surface area contributed by atoms with Crippen molar-refractivity contribution in [2.75, 3.05) is 12.4 Å². The van der Waals surface area contributed by atoms with Crippen molar-refractivity contribution in [3.05, 3.63) is 59.7 Å². The van der Waals surface area contributed by atoms with Crippen LogP contribution in [0.4, 0.5) is 5.69 Å². The van der Waals surface area contributed by atoms with Gasteiger partial charge in [-0.3, -0.25) is 0 Å². The lowest BCUT2D eigenvalue weighted by atomic mass is 10.1. The van der Waals surface area contributed by atoms with E-state index in [0.717, 1.165) is 23.4 Å². The van der Waals surface area contributed by atoms with E-state index < -0.39 is 0 Å². The molecule has 0 unspecified atom stereocenters. The molecule has 0 aromatic heterocycles. The minimum absolute atomic E-state index is 0.126. The van der Waals surface area contributed by atoms with Crippen LogP contribution in [-0.2, 0) is 6.42 Å². The van der Waals surface area contributed by atoms with Crippen LogP contribution in [0.2, 0.25) is 0 Å². The standard InChI is InChI=1S/C18H22N2OS/c1-4-14-5-9-16(10-6-14)20-18(22)19-13(2)15-7-11-17(21-3)12-8-15/h5-13H,4H2,1-3H3,(H2,19,20,22)/t13-/m0/s1. The van der Waals surface area contributed by atoms with Gasteiger partial charge in [0.05, 0.1) is 13.2 Å². The number of benzene rings is 2. The van der Waals surface area contributed by atoms with Crippen LogP contribution in [0.1, 0.15) is 31.0 Å². The van der Waals surface area contributed by atoms with Gasteiger partial charge in [0, 0.05) is 5.69 Å². The number of methoxy groups -OCH3 is 1. The summed E-state index contributed by atoms with van der Waals surface area (Å²) in [6, 6.07) is 16.4. The maximum absolute atomic E-state index is 5.38. The smallest absolute Gasteiger partial charge is 0.171 e. The summed E-state index contributed by atoms with van der Waals surface area (Å²) in [5.41, 5.74) is 3.47. The van der Waals surface area contributed by atoms with Crippen molar-refractivity contribution in [1.82, 2.24) is 5.32 Å². The highest BCUT2D eigenvalue weighted by molar-refractivity contribution is 7.80. The Morgan fingerprint density at radius 2 is 1.73 bits per heavy atom. The number of anilines is 1. The van der Waals surface area contributed by atoms with Gasteiger partial charge in [-0.15, -0.1) is 0 Å². The van der Waals surface area contributed by atoms with Crippen molar-refractivity contribution in [3.63, 3.8) is 0 Å². The molecule has 2 aromatic carbocycles. The molecule has 0 bridgehead atoms. The first-order valence-corrected chi connectivity index (χ1v) is 7.83. The predicted octanol–water partition coefficient (Wildman–Crippen LogP) is 4.31. The Hall–Kier alpha value is -2.07. The number of nitrogens with one attached hydrogen (secondary N) is 2. The number of hydrogen-bond acceptors (Lipinski definition) is 2. The molecule has 0 spiro atoms. The zero-order valence-electron chi connectivity index (χ0n) is 13.2. The van der Waals surface area contributed by atoms with Gasteiger partial charge in [0.15, 0.2) is 5.11 Å². The Balaban J connectivity index is 1.92. The van der Waals surface area contributed by atoms with Crippen LogP contribution in [0, 0.1) is 0 Å². The monoisotopic (exact) mass is 314 g/mol. The van der Waals surface area contributed by atoms with Gasteiger partial charge in [-0.1, -0.05) is 31.2 Å². The second kappa shape index (κ2) is 7.80. The molecular formula is C18H22N2OS. The molecule has 0 aliphatic carbocycles. The number of aryl methyl sites for hydroxylation is 1. The Morgan fingerprint density at radius 3 is 2.27 bits per heavy atom. The second-order valence-electron chi connectivity index (χ2n) is 5.14. The number of ether oxygens (including phenoxy) is 1. The van der Waals surface area contributed by atoms with Crippen molar-refractivity contribution in [3.8, 4) is 5.75 Å². The molecule has 1 atom stereocenters. The number of rotatable bonds is 5. The van der Waals surface area contributed by atoms with Crippen LogP contribution in [0.25, 0.3) is 0 Å². The van der Waals surface area contributed by atoms with E-state index >= 15 is 0 Å². The molecule has 3 nitrogen and oxygen atoms in total. The van der Waals surface area contributed by atoms with Crippen LogP contribution < -0.4 is 15.4 Å². The molecule has 116 valence electrons. The van der Waals surface area contributed by atoms with E-state index in [-0.39, 0.29) is 6.04 Å². The molecule has 0 saturated carbocycles. The molecule has 0 fully saturated rings. The molecule has 0 amide bonds. The van der Waals surface area contributed by atoms with Crippen LogP contribution in [-0.4, -0.2) is 12.2 Å². The third-order valence-corrected chi connectivity index (χ3v) is 3.80. The summed E-state index contributed by atoms with van der Waals surface area (Å²) in [6.45, 7) is 4.22. The van der Waals surface area contributed by atoms with E-state index in [1.165, 1.54) is 5.56 Å². The molecule has 0 aliphatic heterocycles. The van der Waals surface area contributed by atoms with E-state index in [1.807, 2.05) is 36.4 Å². The summed E-state index contributed by atoms with van der Waals surface area (Å²) in [7, 11) is 1.67. The minimum atomic E-state index is 0.126. The van der Waals surface area contributed by atoms with Crippen molar-refractivity contribution in [1.29, 1.82) is 0 Å². The quantitative estimate of drug-likeness (QED) is 0.806. The highest BCUT2D eigenvalue weighted by atomic mass is 32.1. The molecular weight excluding hydrogens is 292 g/mol. The van der Waals surface area contributed by atoms with Gasteiger partial charge in [0.25, 0.3) is 0 Å². The molecule has 22 heavy (non-hydrogen) atoms. The molecule has 2 aromatic rings. The highest BCUT2D eigenvalue weighted by Crippen LogP contribution is 2.17. The minimum Gasteiger partial charge on any atom is -0.497 e. The molecule has 4 heteroatoms. The summed E-state index contributed by atoms with van der Waals surface area (Å²) < 4.78 is 5.17. The Labute approximate surface area is 137 Å². The Morgan fingerprint density at radius 1 is 1.09 bits per heavy atom. The van der Waals surface area contributed by atoms with Crippen LogP contribution in [0.3, 0.4) is 0 Å². The normalized spacial score (nSPS) is 11.6. The highest BCUT2D eigenvalue weighted by Gasteiger charge is 2.07. The van der Waals surface area contributed by atoms with Gasteiger partial charge < -0.3 is 15.4 Å². The van der Waals surface area contributed by atoms with Gasteiger partial charge in [-0.2, -0.15) is 0 Å². The fourth-order valence-corrected chi connectivity index (χ4v) is 2.46. The van der Waals surface area contributed by atoms with Gasteiger partial charge in [-0.25, -0.2) is 0 Å². The second-order valence-corrected chi connectivity index (χ2v) is 5.55. The molecule has 0 saturated heterocycles. The van der Waals surface area contributed by atoms with E-state index in [4.69, 9.17) is 17.0 Å². The fourth-order valence-electron chi connectivity index (χ4n) is 2.16. The molecule has 2 rings (SSSR count). The SMILES string of the molecule is CCc1ccc(NC(=S)N[C@@H](C)c2ccc(OC)cc2)cc1. The zero-order valence-corrected chi connectivity index (χ0v) is 14.0. The van der Waals surface area contributed by atoms with Crippen molar-refractivity contribution >= 4 is 23.0 Å². The average molecular weight is 314 g/mol. The first kappa shape index (κ1) is 16.3. The van der Waals surface area contributed by atoms with E-state index in [0.29, 0.717) is 5.11 Å². The summed E-state index contributed by atoms with van der Waals surface area (Å²) in [4.78, 5) is 0. The average Bonchev–Trinajstić information content (AvgIpc) is 2.55. The maximum Gasteiger partial charge on any atom is 0.171 e. The van der Waals surface area contributed by atoms with Crippen LogP contribution in [0.15, 0.2) is 48.5 Å². The third kappa shape index (κ3) is 4.46. The third-order valence-electron chi connectivity index (χ3n) is 3.58.